The molecule has 0 aliphatic heterocycles. The molecule has 0 aliphatic carbocycles. The maximum atomic E-state index is 10.5. The van der Waals surface area contributed by atoms with Gasteiger partial charge in [0.05, 0.1) is 0 Å². The van der Waals surface area contributed by atoms with E-state index in [-0.39, 0.29) is 10.6 Å². The van der Waals surface area contributed by atoms with Gasteiger partial charge in [0, 0.05) is 0 Å². The van der Waals surface area contributed by atoms with Crippen LogP contribution in [0.4, 0.5) is 5.69 Å². The number of nitrogens with zero attached hydrogens (tertiary/aromatic N) is 1. The van der Waals surface area contributed by atoms with Gasteiger partial charge < -0.3 is 0 Å². The Morgan fingerprint density at radius 3 is 2.53 bits per heavy atom. The van der Waals surface area contributed by atoms with Gasteiger partial charge in [-0.05, 0) is 0 Å². The minimum absolute atomic E-state index is 0.153. The quantitative estimate of drug-likeness (QED) is 0.357. The first kappa shape index (κ1) is 12.0. The molecule has 0 aliphatic rings. The van der Waals surface area contributed by atoms with E-state index in [1.54, 1.807) is 12.1 Å². The van der Waals surface area contributed by atoms with Crippen molar-refractivity contribution in [3.63, 3.8) is 0 Å². The van der Waals surface area contributed by atoms with Crippen molar-refractivity contribution < 1.29 is 4.92 Å². The summed E-state index contributed by atoms with van der Waals surface area (Å²) in [5.41, 5.74) is 1.32. The molecule has 0 saturated heterocycles. The first-order valence-electron chi connectivity index (χ1n) is 4.57. The van der Waals surface area contributed by atoms with Crippen molar-refractivity contribution in [3.05, 3.63) is 52.6 Å². The van der Waals surface area contributed by atoms with Crippen LogP contribution in [0.5, 0.6) is 0 Å². The first-order chi connectivity index (χ1) is 7.19. The minimum atomic E-state index is -0.372. The van der Waals surface area contributed by atoms with Crippen molar-refractivity contribution in [2.45, 2.75) is 17.1 Å². The van der Waals surface area contributed by atoms with Crippen LogP contribution in [0.25, 0.3) is 0 Å². The molecule has 80 valence electrons. The molecule has 0 N–H and O–H groups in total. The van der Waals surface area contributed by atoms with Gasteiger partial charge >= 0.3 is 95.2 Å². The molecule has 1 rings (SSSR count). The van der Waals surface area contributed by atoms with Crippen LogP contribution in [0.1, 0.15) is 16.8 Å². The second kappa shape index (κ2) is 5.69. The van der Waals surface area contributed by atoms with E-state index in [9.17, 15) is 10.1 Å². The van der Waals surface area contributed by atoms with Crippen LogP contribution in [-0.2, 0) is 0 Å². The van der Waals surface area contributed by atoms with Crippen LogP contribution in [0.2, 0.25) is 5.82 Å². The number of rotatable bonds is 5. The summed E-state index contributed by atoms with van der Waals surface area (Å²) in [4.78, 5) is 10.6. The summed E-state index contributed by atoms with van der Waals surface area (Å²) in [7, 11) is 0. The Balaban J connectivity index is 2.86. The first-order valence-corrected chi connectivity index (χ1v) is 7.27. The Bertz CT molecular complexity index is 348. The van der Waals surface area contributed by atoms with E-state index in [4.69, 9.17) is 0 Å². The zero-order valence-electron chi connectivity index (χ0n) is 8.55. The summed E-state index contributed by atoms with van der Waals surface area (Å²) >= 11 is 0.490. The van der Waals surface area contributed by atoms with Crippen LogP contribution in [0.15, 0.2) is 36.9 Å². The Morgan fingerprint density at radius 1 is 1.53 bits per heavy atom. The molecule has 4 heteroatoms. The fourth-order valence-electron chi connectivity index (χ4n) is 1.33. The van der Waals surface area contributed by atoms with Gasteiger partial charge in [-0.25, -0.2) is 0 Å². The summed E-state index contributed by atoms with van der Waals surface area (Å²) < 4.78 is 0. The molecule has 0 bridgehead atoms. The number of nitro groups is 1. The molecule has 1 aromatic carbocycles. The third kappa shape index (κ3) is 3.18. The molecule has 0 heterocycles. The van der Waals surface area contributed by atoms with Gasteiger partial charge in [-0.1, -0.05) is 0 Å². The van der Waals surface area contributed by atoms with Gasteiger partial charge in [0.2, 0.25) is 0 Å². The van der Waals surface area contributed by atoms with Crippen LogP contribution in [-0.4, -0.2) is 19.9 Å². The number of hydrogen-bond acceptors (Lipinski definition) is 2. The topological polar surface area (TPSA) is 43.1 Å². The molecular formula is C11H13NO2Se. The Labute approximate surface area is 95.5 Å². The Hall–Kier alpha value is -1.12. The predicted molar refractivity (Wildman–Crippen MR) is 62.3 cm³/mol. The molecule has 15 heavy (non-hydrogen) atoms. The monoisotopic (exact) mass is 271 g/mol. The molecule has 0 fully saturated rings. The van der Waals surface area contributed by atoms with Crippen molar-refractivity contribution >= 4 is 20.6 Å². The van der Waals surface area contributed by atoms with Crippen molar-refractivity contribution in [1.29, 1.82) is 0 Å². The molecule has 3 nitrogen and oxygen atoms in total. The van der Waals surface area contributed by atoms with Crippen molar-refractivity contribution in [2.24, 2.45) is 0 Å². The summed E-state index contributed by atoms with van der Waals surface area (Å²) in [6.07, 6.45) is 2.84. The summed E-state index contributed by atoms with van der Waals surface area (Å²) in [5, 5.41) is 10.5. The summed E-state index contributed by atoms with van der Waals surface area (Å²) in [6.45, 7) is 3.72. The van der Waals surface area contributed by atoms with E-state index in [0.717, 1.165) is 6.42 Å². The van der Waals surface area contributed by atoms with E-state index < -0.39 is 0 Å². The van der Waals surface area contributed by atoms with Gasteiger partial charge in [-0.3, -0.25) is 0 Å². The Kier molecular flexibility index (Phi) is 4.53. The van der Waals surface area contributed by atoms with Gasteiger partial charge in [0.1, 0.15) is 0 Å². The molecular weight excluding hydrogens is 257 g/mol. The molecule has 0 saturated carbocycles. The number of hydrogen-bond donors (Lipinski definition) is 0. The standard InChI is InChI=1S/C11H13NO2Se/c1-3-4-11(15-2)9-5-7-10(8-6-9)12(13)14/h3,5-8,11H,1,4H2,2H3. The molecule has 1 atom stereocenters. The normalized spacial score (nSPS) is 12.1. The predicted octanol–water partition coefficient (Wildman–Crippen LogP) is 2.96. The van der Waals surface area contributed by atoms with E-state index in [0.29, 0.717) is 19.8 Å². The zero-order valence-corrected chi connectivity index (χ0v) is 10.3. The van der Waals surface area contributed by atoms with E-state index in [1.807, 2.05) is 18.2 Å². The molecule has 0 radical (unpaired) electrons. The van der Waals surface area contributed by atoms with Crippen LogP contribution >= 0.6 is 0 Å². The number of benzene rings is 1. The number of nitro benzene ring substituents is 1. The zero-order chi connectivity index (χ0) is 11.3. The number of non-ortho nitro benzene ring substituents is 1. The van der Waals surface area contributed by atoms with Gasteiger partial charge in [0.15, 0.2) is 0 Å². The molecule has 0 aromatic heterocycles. The van der Waals surface area contributed by atoms with Crippen molar-refractivity contribution in [1.82, 2.24) is 0 Å². The second-order valence-corrected chi connectivity index (χ2v) is 5.28. The van der Waals surface area contributed by atoms with Gasteiger partial charge in [-0.15, -0.1) is 0 Å². The Morgan fingerprint density at radius 2 is 2.13 bits per heavy atom. The fraction of sp³-hybridized carbons (Fsp3) is 0.273. The van der Waals surface area contributed by atoms with E-state index in [1.165, 1.54) is 5.56 Å². The molecule has 1 aromatic rings. The summed E-state index contributed by atoms with van der Waals surface area (Å²) in [5.74, 6) is 2.17. The molecule has 0 spiro atoms. The number of allylic oxidation sites excluding steroid dienone is 1. The van der Waals surface area contributed by atoms with E-state index in [2.05, 4.69) is 12.4 Å². The van der Waals surface area contributed by atoms with Crippen LogP contribution in [0.3, 0.4) is 0 Å². The fourth-order valence-corrected chi connectivity index (χ4v) is 2.92. The third-order valence-electron chi connectivity index (χ3n) is 2.14. The average Bonchev–Trinajstić information content (AvgIpc) is 2.26. The third-order valence-corrected chi connectivity index (χ3v) is 4.31. The SMILES string of the molecule is C=CCC([Se]C)c1ccc([N+](=O)[O-])cc1. The van der Waals surface area contributed by atoms with Gasteiger partial charge in [-0.2, -0.15) is 0 Å². The van der Waals surface area contributed by atoms with Crippen molar-refractivity contribution in [2.75, 3.05) is 0 Å². The molecule has 1 unspecified atom stereocenters. The maximum absolute atomic E-state index is 10.5. The van der Waals surface area contributed by atoms with Gasteiger partial charge in [0.25, 0.3) is 0 Å². The second-order valence-electron chi connectivity index (χ2n) is 3.10. The van der Waals surface area contributed by atoms with Crippen LogP contribution in [0, 0.1) is 10.1 Å². The van der Waals surface area contributed by atoms with Crippen molar-refractivity contribution in [3.8, 4) is 0 Å². The van der Waals surface area contributed by atoms with E-state index >= 15 is 0 Å². The van der Waals surface area contributed by atoms with Crippen LogP contribution < -0.4 is 0 Å². The summed E-state index contributed by atoms with van der Waals surface area (Å²) in [6, 6.07) is 6.82. The average molecular weight is 270 g/mol. The molecule has 0 amide bonds.